The second-order valence-corrected chi connectivity index (χ2v) is 7.09. The number of esters is 1. The summed E-state index contributed by atoms with van der Waals surface area (Å²) >= 11 is 0. The van der Waals surface area contributed by atoms with Gasteiger partial charge in [-0.05, 0) is 62.6 Å². The van der Waals surface area contributed by atoms with Crippen LogP contribution in [0.1, 0.15) is 58.0 Å². The molecule has 1 amide bonds. The molecular weight excluding hydrogens is 426 g/mol. The highest BCUT2D eigenvalue weighted by atomic mass is 16.5. The van der Waals surface area contributed by atoms with Crippen molar-refractivity contribution in [2.24, 2.45) is 17.2 Å². The molecule has 0 bridgehead atoms. The summed E-state index contributed by atoms with van der Waals surface area (Å²) in [6, 6.07) is 9.30. The molecule has 0 radical (unpaired) electrons. The number of primary amides is 1. The fraction of sp³-hybridized carbons (Fsp3) is 0.304. The topological polar surface area (TPSA) is 188 Å². The Morgan fingerprint density at radius 1 is 0.788 bits per heavy atom. The second kappa shape index (κ2) is 12.1. The summed E-state index contributed by atoms with van der Waals surface area (Å²) in [5, 5.41) is 15.0. The first kappa shape index (κ1) is 25.2. The first-order chi connectivity index (χ1) is 15.7. The van der Waals surface area contributed by atoms with Gasteiger partial charge in [-0.25, -0.2) is 4.79 Å². The zero-order valence-electron chi connectivity index (χ0n) is 18.5. The van der Waals surface area contributed by atoms with Crippen LogP contribution in [0.2, 0.25) is 0 Å². The summed E-state index contributed by atoms with van der Waals surface area (Å²) in [7, 11) is 0. The molecule has 2 rings (SSSR count). The van der Waals surface area contributed by atoms with Gasteiger partial charge in [0, 0.05) is 11.1 Å². The average molecular weight is 456 g/mol. The molecule has 0 heterocycles. The third-order valence-electron chi connectivity index (χ3n) is 4.65. The molecule has 2 aromatic rings. The molecule has 8 N–H and O–H groups in total. The van der Waals surface area contributed by atoms with Gasteiger partial charge in [0.15, 0.2) is 0 Å². The normalized spacial score (nSPS) is 10.3. The third-order valence-corrected chi connectivity index (χ3v) is 4.65. The molecule has 0 atom stereocenters. The largest absolute Gasteiger partial charge is 0.493 e. The smallest absolute Gasteiger partial charge is 0.341 e. The summed E-state index contributed by atoms with van der Waals surface area (Å²) in [6.45, 7) is 2.66. The molecule has 10 heteroatoms. The summed E-state index contributed by atoms with van der Waals surface area (Å²) in [5.41, 5.74) is 17.5. The highest BCUT2D eigenvalue weighted by Crippen LogP contribution is 2.23. The lowest BCUT2D eigenvalue weighted by molar-refractivity contribution is 0.0521. The molecule has 33 heavy (non-hydrogen) atoms. The Hall–Kier alpha value is -4.08. The van der Waals surface area contributed by atoms with Crippen LogP contribution in [0.25, 0.3) is 0 Å². The lowest BCUT2D eigenvalue weighted by Crippen LogP contribution is -2.17. The van der Waals surface area contributed by atoms with Crippen molar-refractivity contribution in [2.75, 3.05) is 19.8 Å². The van der Waals surface area contributed by atoms with E-state index in [0.29, 0.717) is 48.7 Å². The number of hydrogen-bond donors (Lipinski definition) is 5. The lowest BCUT2D eigenvalue weighted by Gasteiger charge is -2.13. The van der Waals surface area contributed by atoms with Crippen molar-refractivity contribution in [3.8, 4) is 11.5 Å². The number of hydrogen-bond acceptors (Lipinski definition) is 7. The Kier molecular flexibility index (Phi) is 9.22. The molecule has 0 fully saturated rings. The van der Waals surface area contributed by atoms with Crippen LogP contribution in [0.3, 0.4) is 0 Å². The van der Waals surface area contributed by atoms with Gasteiger partial charge in [0.25, 0.3) is 5.91 Å². The van der Waals surface area contributed by atoms with Crippen molar-refractivity contribution in [1.29, 1.82) is 10.8 Å². The van der Waals surface area contributed by atoms with E-state index < -0.39 is 11.9 Å². The lowest BCUT2D eigenvalue weighted by atomic mass is 10.1. The van der Waals surface area contributed by atoms with Crippen molar-refractivity contribution < 1.29 is 23.8 Å². The number of nitrogens with one attached hydrogen (secondary N) is 2. The molecule has 0 saturated carbocycles. The van der Waals surface area contributed by atoms with Gasteiger partial charge in [-0.2, -0.15) is 0 Å². The Labute approximate surface area is 192 Å². The third kappa shape index (κ3) is 7.23. The minimum absolute atomic E-state index is 0.150. The van der Waals surface area contributed by atoms with E-state index in [1.165, 1.54) is 12.1 Å². The van der Waals surface area contributed by atoms with Gasteiger partial charge in [-0.1, -0.05) is 0 Å². The van der Waals surface area contributed by atoms with E-state index in [9.17, 15) is 9.59 Å². The molecule has 0 saturated heterocycles. The van der Waals surface area contributed by atoms with Crippen LogP contribution in [0, 0.1) is 10.8 Å². The van der Waals surface area contributed by atoms with Crippen molar-refractivity contribution in [1.82, 2.24) is 0 Å². The van der Waals surface area contributed by atoms with Crippen LogP contribution in [0.5, 0.6) is 11.5 Å². The van der Waals surface area contributed by atoms with Crippen LogP contribution in [-0.4, -0.2) is 43.4 Å². The van der Waals surface area contributed by atoms with Crippen LogP contribution < -0.4 is 26.7 Å². The monoisotopic (exact) mass is 455 g/mol. The second-order valence-electron chi connectivity index (χ2n) is 7.09. The number of nitrogen functional groups attached to an aromatic ring is 2. The molecule has 0 aliphatic heterocycles. The maximum Gasteiger partial charge on any atom is 0.341 e. The predicted octanol–water partition coefficient (Wildman–Crippen LogP) is 2.16. The zero-order valence-corrected chi connectivity index (χ0v) is 18.5. The van der Waals surface area contributed by atoms with E-state index in [0.717, 1.165) is 6.42 Å². The Morgan fingerprint density at radius 2 is 1.27 bits per heavy atom. The van der Waals surface area contributed by atoms with E-state index in [2.05, 4.69) is 0 Å². The summed E-state index contributed by atoms with van der Waals surface area (Å²) in [6.07, 6.45) is 2.17. The molecule has 0 spiro atoms. The van der Waals surface area contributed by atoms with E-state index in [1.54, 1.807) is 31.2 Å². The van der Waals surface area contributed by atoms with Crippen molar-refractivity contribution in [3.63, 3.8) is 0 Å². The molecule has 10 nitrogen and oxygen atoms in total. The summed E-state index contributed by atoms with van der Waals surface area (Å²) in [5.74, 6) is -0.798. The Balaban J connectivity index is 1.85. The van der Waals surface area contributed by atoms with E-state index >= 15 is 0 Å². The predicted molar refractivity (Wildman–Crippen MR) is 124 cm³/mol. The first-order valence-electron chi connectivity index (χ1n) is 10.4. The van der Waals surface area contributed by atoms with Crippen molar-refractivity contribution >= 4 is 23.5 Å². The average Bonchev–Trinajstić information content (AvgIpc) is 2.78. The fourth-order valence-electron chi connectivity index (χ4n) is 2.95. The van der Waals surface area contributed by atoms with Crippen LogP contribution in [0.15, 0.2) is 36.4 Å². The van der Waals surface area contributed by atoms with Crippen LogP contribution in [-0.2, 0) is 4.74 Å². The van der Waals surface area contributed by atoms with Crippen molar-refractivity contribution in [2.45, 2.75) is 26.2 Å². The van der Waals surface area contributed by atoms with Gasteiger partial charge < -0.3 is 31.4 Å². The highest BCUT2D eigenvalue weighted by molar-refractivity contribution is 6.01. The molecule has 0 aromatic heterocycles. The van der Waals surface area contributed by atoms with Crippen molar-refractivity contribution in [3.05, 3.63) is 58.7 Å². The standard InChI is InChI=1S/C23H29N5O5/c1-2-31-23(30)17-13-15(21(26)27)7-9-19(17)33-11-5-3-4-10-32-18-8-6-14(20(24)25)12-16(18)22(28)29/h6-9,12-13H,2-5,10-11H2,1H3,(H3,24,25)(H3,26,27)(H2,28,29). The molecule has 0 aliphatic carbocycles. The first-order valence-corrected chi connectivity index (χ1v) is 10.4. The van der Waals surface area contributed by atoms with Crippen LogP contribution in [0.4, 0.5) is 0 Å². The van der Waals surface area contributed by atoms with Gasteiger partial charge in [0.05, 0.1) is 25.4 Å². The van der Waals surface area contributed by atoms with Crippen LogP contribution >= 0.6 is 0 Å². The number of amides is 1. The molecule has 0 aliphatic rings. The molecular formula is C23H29N5O5. The number of nitrogens with two attached hydrogens (primary N) is 3. The SMILES string of the molecule is CCOC(=O)c1cc(C(=N)N)ccc1OCCCCCOc1ccc(C(=N)N)cc1C(N)=O. The number of carbonyl (C=O) groups excluding carboxylic acids is 2. The van der Waals surface area contributed by atoms with E-state index in [1.807, 2.05) is 0 Å². The van der Waals surface area contributed by atoms with Gasteiger partial charge in [-0.3, -0.25) is 15.6 Å². The Morgan fingerprint density at radius 3 is 1.73 bits per heavy atom. The van der Waals surface area contributed by atoms with Gasteiger partial charge >= 0.3 is 5.97 Å². The Bertz CT molecular complexity index is 1040. The number of amidine groups is 2. The van der Waals surface area contributed by atoms with E-state index in [4.69, 9.17) is 42.2 Å². The highest BCUT2D eigenvalue weighted by Gasteiger charge is 2.16. The van der Waals surface area contributed by atoms with Gasteiger partial charge in [0.1, 0.15) is 28.7 Å². The maximum atomic E-state index is 12.2. The molecule has 0 unspecified atom stereocenters. The molecule has 2 aromatic carbocycles. The van der Waals surface area contributed by atoms with E-state index in [-0.39, 0.29) is 29.4 Å². The fourth-order valence-corrected chi connectivity index (χ4v) is 2.95. The van der Waals surface area contributed by atoms with Gasteiger partial charge in [-0.15, -0.1) is 0 Å². The minimum atomic E-state index is -0.658. The molecule has 176 valence electrons. The quantitative estimate of drug-likeness (QED) is 0.132. The number of benzene rings is 2. The minimum Gasteiger partial charge on any atom is -0.493 e. The summed E-state index contributed by atoms with van der Waals surface area (Å²) < 4.78 is 16.5. The number of unbranched alkanes of at least 4 members (excludes halogenated alkanes) is 2. The number of ether oxygens (including phenoxy) is 3. The summed E-state index contributed by atoms with van der Waals surface area (Å²) in [4.78, 5) is 23.8. The maximum absolute atomic E-state index is 12.2. The zero-order chi connectivity index (χ0) is 24.4. The van der Waals surface area contributed by atoms with Gasteiger partial charge in [0.2, 0.25) is 0 Å². The number of carbonyl (C=O) groups is 2. The number of rotatable bonds is 13.